The van der Waals surface area contributed by atoms with E-state index in [1.54, 1.807) is 56.3 Å². The van der Waals surface area contributed by atoms with Gasteiger partial charge in [0, 0.05) is 28.9 Å². The molecule has 1 heterocycles. The predicted molar refractivity (Wildman–Crippen MR) is 141 cm³/mol. The lowest BCUT2D eigenvalue weighted by molar-refractivity contribution is -0.144. The summed E-state index contributed by atoms with van der Waals surface area (Å²) in [5, 5.41) is 12.3. The molecule has 0 fully saturated rings. The summed E-state index contributed by atoms with van der Waals surface area (Å²) >= 11 is 0. The quantitative estimate of drug-likeness (QED) is 0.426. The zero-order valence-electron chi connectivity index (χ0n) is 21.6. The molecular formula is C30H31FN2O4. The number of carbonyl (C=O) groups excluding carboxylic acids is 2. The molecule has 1 atom stereocenters. The Morgan fingerprint density at radius 3 is 2.22 bits per heavy atom. The van der Waals surface area contributed by atoms with Gasteiger partial charge in [-0.2, -0.15) is 0 Å². The van der Waals surface area contributed by atoms with Gasteiger partial charge in [0.05, 0.1) is 0 Å². The molecule has 3 aromatic carbocycles. The van der Waals surface area contributed by atoms with Crippen molar-refractivity contribution in [3.05, 3.63) is 88.7 Å². The topological polar surface area (TPSA) is 86.7 Å². The fourth-order valence-electron chi connectivity index (χ4n) is 4.65. The van der Waals surface area contributed by atoms with Crippen molar-refractivity contribution in [2.24, 2.45) is 5.92 Å². The molecule has 1 unspecified atom stereocenters. The molecule has 3 aromatic rings. The Morgan fingerprint density at radius 2 is 1.65 bits per heavy atom. The van der Waals surface area contributed by atoms with Gasteiger partial charge in [-0.25, -0.2) is 9.18 Å². The fourth-order valence-corrected chi connectivity index (χ4v) is 4.65. The Kier molecular flexibility index (Phi) is 6.91. The first-order valence-corrected chi connectivity index (χ1v) is 12.3. The number of carboxylic acids is 1. The highest BCUT2D eigenvalue weighted by Crippen LogP contribution is 2.33. The number of benzene rings is 3. The SMILES string of the molecule is CC(C)C(C(=O)O)N1Cc2ccc(-c3ccc(NC(=O)c4ccc(C(C)(C)C)cc4)cc3F)cc2C1=O. The van der Waals surface area contributed by atoms with Crippen LogP contribution in [0.4, 0.5) is 10.1 Å². The van der Waals surface area contributed by atoms with Crippen LogP contribution in [0.3, 0.4) is 0 Å². The monoisotopic (exact) mass is 502 g/mol. The lowest BCUT2D eigenvalue weighted by atomic mass is 9.87. The molecule has 0 aromatic heterocycles. The van der Waals surface area contributed by atoms with Crippen molar-refractivity contribution in [2.45, 2.75) is 52.6 Å². The van der Waals surface area contributed by atoms with Crippen LogP contribution >= 0.6 is 0 Å². The summed E-state index contributed by atoms with van der Waals surface area (Å²) in [6, 6.07) is 15.9. The highest BCUT2D eigenvalue weighted by molar-refractivity contribution is 6.04. The normalized spacial score (nSPS) is 14.0. The number of nitrogens with one attached hydrogen (secondary N) is 1. The summed E-state index contributed by atoms with van der Waals surface area (Å²) < 4.78 is 15.1. The molecule has 2 N–H and O–H groups in total. The van der Waals surface area contributed by atoms with Crippen LogP contribution in [0.1, 0.15) is 66.5 Å². The van der Waals surface area contributed by atoms with Gasteiger partial charge in [0.25, 0.3) is 11.8 Å². The van der Waals surface area contributed by atoms with Crippen LogP contribution in [0.5, 0.6) is 0 Å². The van der Waals surface area contributed by atoms with Crippen LogP contribution < -0.4 is 5.32 Å². The molecule has 37 heavy (non-hydrogen) atoms. The molecule has 0 radical (unpaired) electrons. The highest BCUT2D eigenvalue weighted by atomic mass is 19.1. The number of amides is 2. The standard InChI is InChI=1S/C30H31FN2O4/c1-17(2)26(29(36)37)33-16-20-7-6-19(14-24(20)28(33)35)23-13-12-22(15-25(23)31)32-27(34)18-8-10-21(11-9-18)30(3,4)5/h6-15,17,26H,16H2,1-5H3,(H,32,34)(H,36,37). The predicted octanol–water partition coefficient (Wildman–Crippen LogP) is 6.11. The molecule has 0 saturated carbocycles. The van der Waals surface area contributed by atoms with Crippen molar-refractivity contribution in [1.29, 1.82) is 0 Å². The molecule has 1 aliphatic rings. The second-order valence-corrected chi connectivity index (χ2v) is 10.8. The lowest BCUT2D eigenvalue weighted by Gasteiger charge is -2.27. The number of nitrogens with zero attached hydrogens (tertiary/aromatic N) is 1. The average molecular weight is 503 g/mol. The number of anilines is 1. The summed E-state index contributed by atoms with van der Waals surface area (Å²) in [5.41, 5.74) is 3.73. The first-order valence-electron chi connectivity index (χ1n) is 12.3. The molecule has 2 amide bonds. The Hall–Kier alpha value is -4.00. The maximum absolute atomic E-state index is 15.1. The molecule has 0 spiro atoms. The molecule has 1 aliphatic heterocycles. The average Bonchev–Trinajstić information content (AvgIpc) is 3.13. The van der Waals surface area contributed by atoms with Crippen LogP contribution in [0.15, 0.2) is 60.7 Å². The lowest BCUT2D eigenvalue weighted by Crippen LogP contribution is -2.44. The molecular weight excluding hydrogens is 471 g/mol. The molecule has 0 bridgehead atoms. The largest absolute Gasteiger partial charge is 0.480 e. The van der Waals surface area contributed by atoms with Crippen LogP contribution in [-0.2, 0) is 16.8 Å². The van der Waals surface area contributed by atoms with E-state index in [0.717, 1.165) is 5.56 Å². The van der Waals surface area contributed by atoms with Crippen LogP contribution in [0.25, 0.3) is 11.1 Å². The number of aliphatic carboxylic acids is 1. The number of hydrogen-bond acceptors (Lipinski definition) is 3. The van der Waals surface area contributed by atoms with Gasteiger partial charge in [-0.05, 0) is 64.4 Å². The van der Waals surface area contributed by atoms with E-state index in [2.05, 4.69) is 26.1 Å². The van der Waals surface area contributed by atoms with E-state index in [0.29, 0.717) is 27.9 Å². The van der Waals surface area contributed by atoms with Crippen molar-refractivity contribution in [1.82, 2.24) is 4.90 Å². The van der Waals surface area contributed by atoms with E-state index < -0.39 is 17.8 Å². The number of fused-ring (bicyclic) bond motifs is 1. The Balaban J connectivity index is 1.53. The molecule has 4 rings (SSSR count). The van der Waals surface area contributed by atoms with E-state index in [-0.39, 0.29) is 35.3 Å². The van der Waals surface area contributed by atoms with Gasteiger partial charge >= 0.3 is 5.97 Å². The van der Waals surface area contributed by atoms with Gasteiger partial charge in [-0.1, -0.05) is 58.9 Å². The van der Waals surface area contributed by atoms with Crippen molar-refractivity contribution in [2.75, 3.05) is 5.32 Å². The maximum atomic E-state index is 15.1. The summed E-state index contributed by atoms with van der Waals surface area (Å²) in [6.07, 6.45) is 0. The first-order chi connectivity index (χ1) is 17.4. The minimum absolute atomic E-state index is 0.0270. The zero-order chi connectivity index (χ0) is 27.1. The third kappa shape index (κ3) is 5.26. The third-order valence-electron chi connectivity index (χ3n) is 6.71. The molecule has 0 aliphatic carbocycles. The fraction of sp³-hybridized carbons (Fsp3) is 0.300. The van der Waals surface area contributed by atoms with Crippen LogP contribution in [-0.4, -0.2) is 33.8 Å². The van der Waals surface area contributed by atoms with Crippen LogP contribution in [0, 0.1) is 11.7 Å². The minimum Gasteiger partial charge on any atom is -0.480 e. The highest BCUT2D eigenvalue weighted by Gasteiger charge is 2.38. The minimum atomic E-state index is -1.05. The van der Waals surface area contributed by atoms with E-state index in [9.17, 15) is 19.5 Å². The number of hydrogen-bond donors (Lipinski definition) is 2. The van der Waals surface area contributed by atoms with E-state index in [1.165, 1.54) is 11.0 Å². The van der Waals surface area contributed by atoms with E-state index in [4.69, 9.17) is 0 Å². The van der Waals surface area contributed by atoms with E-state index in [1.807, 2.05) is 12.1 Å². The summed E-state index contributed by atoms with van der Waals surface area (Å²) in [7, 11) is 0. The van der Waals surface area contributed by atoms with Crippen LogP contribution in [0.2, 0.25) is 0 Å². The van der Waals surface area contributed by atoms with Crippen molar-refractivity contribution < 1.29 is 23.9 Å². The van der Waals surface area contributed by atoms with Gasteiger partial charge in [0.2, 0.25) is 0 Å². The van der Waals surface area contributed by atoms with Gasteiger partial charge in [-0.3, -0.25) is 9.59 Å². The van der Waals surface area contributed by atoms with Crippen molar-refractivity contribution >= 4 is 23.5 Å². The zero-order valence-corrected chi connectivity index (χ0v) is 21.6. The van der Waals surface area contributed by atoms with Gasteiger partial charge < -0.3 is 15.3 Å². The summed E-state index contributed by atoms with van der Waals surface area (Å²) in [5.74, 6) is -2.57. The molecule has 7 heteroatoms. The van der Waals surface area contributed by atoms with Gasteiger partial charge in [0.15, 0.2) is 0 Å². The number of halogens is 1. The first kappa shape index (κ1) is 26.1. The Morgan fingerprint density at radius 1 is 0.973 bits per heavy atom. The number of carbonyl (C=O) groups is 3. The molecule has 6 nitrogen and oxygen atoms in total. The summed E-state index contributed by atoms with van der Waals surface area (Å²) in [6.45, 7) is 10.0. The smallest absolute Gasteiger partial charge is 0.326 e. The second kappa shape index (κ2) is 9.81. The van der Waals surface area contributed by atoms with Crippen molar-refractivity contribution in [3.8, 4) is 11.1 Å². The third-order valence-corrected chi connectivity index (χ3v) is 6.71. The van der Waals surface area contributed by atoms with E-state index >= 15 is 4.39 Å². The van der Waals surface area contributed by atoms with Crippen molar-refractivity contribution in [3.63, 3.8) is 0 Å². The maximum Gasteiger partial charge on any atom is 0.326 e. The molecule has 192 valence electrons. The van der Waals surface area contributed by atoms with Gasteiger partial charge in [0.1, 0.15) is 11.9 Å². The summed E-state index contributed by atoms with van der Waals surface area (Å²) in [4.78, 5) is 38.8. The number of carboxylic acid groups (broad SMARTS) is 1. The Labute approximate surface area is 216 Å². The Bertz CT molecular complexity index is 1370. The molecule has 0 saturated heterocycles. The van der Waals surface area contributed by atoms with Gasteiger partial charge in [-0.15, -0.1) is 0 Å². The second-order valence-electron chi connectivity index (χ2n) is 10.8. The number of rotatable bonds is 6.